The molecule has 0 N–H and O–H groups in total. The van der Waals surface area contributed by atoms with Crippen molar-refractivity contribution in [2.75, 3.05) is 26.2 Å². The third-order valence-electron chi connectivity index (χ3n) is 6.10. The number of morpholine rings is 1. The van der Waals surface area contributed by atoms with Gasteiger partial charge in [-0.2, -0.15) is 0 Å². The Morgan fingerprint density at radius 2 is 2.09 bits per heavy atom. The van der Waals surface area contributed by atoms with Crippen molar-refractivity contribution in [3.05, 3.63) is 76.3 Å². The molecule has 5 rings (SSSR count). The molecular formula is C23H23N5O3S. The highest BCUT2D eigenvalue weighted by Crippen LogP contribution is 2.42. The Morgan fingerprint density at radius 1 is 1.25 bits per heavy atom. The summed E-state index contributed by atoms with van der Waals surface area (Å²) in [7, 11) is 0. The van der Waals surface area contributed by atoms with Crippen LogP contribution in [0.5, 0.6) is 0 Å². The SMILES string of the molecule is Cc1nc(C(=O)N2CC(c3cccnc3)C3(C2)OCCN(Cc2ccncc2)C3=O)cs1. The smallest absolute Gasteiger partial charge is 0.273 e. The largest absolute Gasteiger partial charge is 0.361 e. The maximum absolute atomic E-state index is 13.9. The van der Waals surface area contributed by atoms with Crippen LogP contribution >= 0.6 is 11.3 Å². The highest BCUT2D eigenvalue weighted by atomic mass is 32.1. The number of carbonyl (C=O) groups excluding carboxylic acids is 2. The van der Waals surface area contributed by atoms with Gasteiger partial charge in [-0.05, 0) is 36.2 Å². The molecule has 2 fully saturated rings. The van der Waals surface area contributed by atoms with Crippen molar-refractivity contribution in [2.45, 2.75) is 25.0 Å². The number of ether oxygens (including phenoxy) is 1. The number of pyridine rings is 2. The molecule has 0 bridgehead atoms. The first kappa shape index (κ1) is 20.7. The van der Waals surface area contributed by atoms with Gasteiger partial charge in [-0.1, -0.05) is 6.07 Å². The topological polar surface area (TPSA) is 88.5 Å². The van der Waals surface area contributed by atoms with E-state index in [0.29, 0.717) is 31.9 Å². The Hall–Kier alpha value is -3.17. The van der Waals surface area contributed by atoms with E-state index in [1.165, 1.54) is 11.3 Å². The van der Waals surface area contributed by atoms with Gasteiger partial charge in [-0.15, -0.1) is 11.3 Å². The van der Waals surface area contributed by atoms with Gasteiger partial charge in [0.2, 0.25) is 0 Å². The van der Waals surface area contributed by atoms with Gasteiger partial charge in [-0.25, -0.2) is 4.98 Å². The van der Waals surface area contributed by atoms with Crippen molar-refractivity contribution in [1.29, 1.82) is 0 Å². The van der Waals surface area contributed by atoms with E-state index >= 15 is 0 Å². The number of amides is 2. The van der Waals surface area contributed by atoms with Gasteiger partial charge in [0.1, 0.15) is 5.69 Å². The number of nitrogens with zero attached hydrogens (tertiary/aromatic N) is 5. The first-order chi connectivity index (χ1) is 15.6. The van der Waals surface area contributed by atoms with Crippen molar-refractivity contribution in [3.63, 3.8) is 0 Å². The molecule has 9 heteroatoms. The van der Waals surface area contributed by atoms with Crippen LogP contribution in [0.4, 0.5) is 0 Å². The Kier molecular flexibility index (Phi) is 5.44. The monoisotopic (exact) mass is 449 g/mol. The first-order valence-electron chi connectivity index (χ1n) is 10.5. The van der Waals surface area contributed by atoms with Crippen molar-refractivity contribution >= 4 is 23.2 Å². The van der Waals surface area contributed by atoms with E-state index in [2.05, 4.69) is 15.0 Å². The minimum Gasteiger partial charge on any atom is -0.361 e. The number of hydrogen-bond acceptors (Lipinski definition) is 7. The predicted molar refractivity (Wildman–Crippen MR) is 118 cm³/mol. The number of likely N-dealkylation sites (tertiary alicyclic amines) is 1. The molecule has 0 radical (unpaired) electrons. The van der Waals surface area contributed by atoms with Crippen LogP contribution in [0.2, 0.25) is 0 Å². The molecule has 3 aromatic rings. The number of thiazole rings is 1. The lowest BCUT2D eigenvalue weighted by Gasteiger charge is -2.42. The standard InChI is InChI=1S/C23H23N5O3S/c1-16-26-20(14-32-16)21(29)28-13-19(18-3-2-6-25-11-18)23(15-28)22(30)27(9-10-31-23)12-17-4-7-24-8-5-17/h2-8,11,14,19H,9-10,12-13,15H2,1H3. The number of aryl methyl sites for hydroxylation is 1. The zero-order valence-electron chi connectivity index (χ0n) is 17.7. The summed E-state index contributed by atoms with van der Waals surface area (Å²) in [4.78, 5) is 43.2. The van der Waals surface area contributed by atoms with E-state index in [9.17, 15) is 9.59 Å². The molecule has 1 spiro atoms. The van der Waals surface area contributed by atoms with Gasteiger partial charge in [0.05, 0.1) is 18.2 Å². The summed E-state index contributed by atoms with van der Waals surface area (Å²) in [5, 5.41) is 2.60. The number of hydrogen-bond donors (Lipinski definition) is 0. The summed E-state index contributed by atoms with van der Waals surface area (Å²) in [6, 6.07) is 7.60. The second-order valence-electron chi connectivity index (χ2n) is 8.10. The molecule has 5 heterocycles. The number of rotatable bonds is 4. The summed E-state index contributed by atoms with van der Waals surface area (Å²) < 4.78 is 6.25. The molecule has 2 saturated heterocycles. The fourth-order valence-corrected chi connectivity index (χ4v) is 5.14. The van der Waals surface area contributed by atoms with Crippen LogP contribution in [0.15, 0.2) is 54.4 Å². The van der Waals surface area contributed by atoms with E-state index in [4.69, 9.17) is 4.74 Å². The third-order valence-corrected chi connectivity index (χ3v) is 6.87. The summed E-state index contributed by atoms with van der Waals surface area (Å²) in [5.41, 5.74) is 1.16. The molecular weight excluding hydrogens is 426 g/mol. The molecule has 2 amide bonds. The summed E-state index contributed by atoms with van der Waals surface area (Å²) in [6.07, 6.45) is 6.90. The van der Waals surface area contributed by atoms with Gasteiger partial charge in [0.25, 0.3) is 11.8 Å². The first-order valence-corrected chi connectivity index (χ1v) is 11.4. The van der Waals surface area contributed by atoms with Crippen LogP contribution in [0.3, 0.4) is 0 Å². The highest BCUT2D eigenvalue weighted by molar-refractivity contribution is 7.09. The van der Waals surface area contributed by atoms with Crippen LogP contribution in [0.1, 0.15) is 32.5 Å². The average molecular weight is 450 g/mol. The van der Waals surface area contributed by atoms with Gasteiger partial charge in [0.15, 0.2) is 5.60 Å². The molecule has 164 valence electrons. The van der Waals surface area contributed by atoms with Crippen LogP contribution in [0.25, 0.3) is 0 Å². The molecule has 2 atom stereocenters. The lowest BCUT2D eigenvalue weighted by Crippen LogP contribution is -2.60. The molecule has 32 heavy (non-hydrogen) atoms. The van der Waals surface area contributed by atoms with Gasteiger partial charge < -0.3 is 14.5 Å². The molecule has 0 saturated carbocycles. The summed E-state index contributed by atoms with van der Waals surface area (Å²) in [6.45, 7) is 3.82. The van der Waals surface area contributed by atoms with Crippen LogP contribution in [-0.4, -0.2) is 68.4 Å². The van der Waals surface area contributed by atoms with Crippen molar-refractivity contribution < 1.29 is 14.3 Å². The van der Waals surface area contributed by atoms with Gasteiger partial charge in [0, 0.05) is 55.7 Å². The molecule has 2 unspecified atom stereocenters. The Labute approximate surface area is 189 Å². The van der Waals surface area contributed by atoms with E-state index in [-0.39, 0.29) is 24.3 Å². The third kappa shape index (κ3) is 3.67. The Bertz CT molecular complexity index is 1120. The lowest BCUT2D eigenvalue weighted by molar-refractivity contribution is -0.172. The number of aromatic nitrogens is 3. The Balaban J connectivity index is 1.48. The minimum absolute atomic E-state index is 0.0980. The van der Waals surface area contributed by atoms with E-state index in [0.717, 1.165) is 16.1 Å². The quantitative estimate of drug-likeness (QED) is 0.607. The van der Waals surface area contributed by atoms with E-state index < -0.39 is 5.60 Å². The van der Waals surface area contributed by atoms with Gasteiger partial charge in [-0.3, -0.25) is 19.6 Å². The van der Waals surface area contributed by atoms with E-state index in [1.807, 2.05) is 36.1 Å². The van der Waals surface area contributed by atoms with Crippen molar-refractivity contribution in [1.82, 2.24) is 24.8 Å². The summed E-state index contributed by atoms with van der Waals surface area (Å²) in [5.74, 6) is -0.588. The van der Waals surface area contributed by atoms with Crippen LogP contribution in [-0.2, 0) is 16.1 Å². The van der Waals surface area contributed by atoms with Crippen molar-refractivity contribution in [2.24, 2.45) is 0 Å². The van der Waals surface area contributed by atoms with Crippen LogP contribution in [0, 0.1) is 6.92 Å². The minimum atomic E-state index is -1.14. The molecule has 2 aliphatic rings. The molecule has 3 aromatic heterocycles. The molecule has 0 aromatic carbocycles. The normalized spacial score (nSPS) is 23.2. The van der Waals surface area contributed by atoms with E-state index in [1.54, 1.807) is 35.1 Å². The fourth-order valence-electron chi connectivity index (χ4n) is 4.55. The zero-order chi connectivity index (χ0) is 22.1. The molecule has 2 aliphatic heterocycles. The number of carbonyl (C=O) groups is 2. The molecule has 8 nitrogen and oxygen atoms in total. The maximum Gasteiger partial charge on any atom is 0.273 e. The van der Waals surface area contributed by atoms with Gasteiger partial charge >= 0.3 is 0 Å². The van der Waals surface area contributed by atoms with Crippen molar-refractivity contribution in [3.8, 4) is 0 Å². The Morgan fingerprint density at radius 3 is 2.81 bits per heavy atom. The summed E-state index contributed by atoms with van der Waals surface area (Å²) >= 11 is 1.44. The molecule has 0 aliphatic carbocycles. The highest BCUT2D eigenvalue weighted by Gasteiger charge is 2.58. The zero-order valence-corrected chi connectivity index (χ0v) is 18.5. The average Bonchev–Trinajstić information content (AvgIpc) is 3.42. The maximum atomic E-state index is 13.9. The predicted octanol–water partition coefficient (Wildman–Crippen LogP) is 2.28. The second kappa shape index (κ2) is 8.40. The fraction of sp³-hybridized carbons (Fsp3) is 0.348. The lowest BCUT2D eigenvalue weighted by atomic mass is 9.83. The van der Waals surface area contributed by atoms with Crippen LogP contribution < -0.4 is 0 Å². The second-order valence-corrected chi connectivity index (χ2v) is 9.16.